The highest BCUT2D eigenvalue weighted by Gasteiger charge is 2.31. The van der Waals surface area contributed by atoms with Crippen molar-refractivity contribution in [3.05, 3.63) is 66.1 Å². The number of carboxylic acid groups (broad SMARTS) is 1. The molecule has 7 nitrogen and oxygen atoms in total. The highest BCUT2D eigenvalue weighted by atomic mass is 16.6. The number of benzene rings is 2. The highest BCUT2D eigenvalue weighted by molar-refractivity contribution is 5.71. The number of aryl methyl sites for hydroxylation is 1. The zero-order valence-corrected chi connectivity index (χ0v) is 20.3. The fraction of sp³-hybridized carbons (Fsp3) is 0.393. The molecule has 1 aromatic heterocycles. The number of carbonyl (C=O) groups excluding carboxylic acids is 1. The monoisotopic (exact) mass is 476 g/mol. The summed E-state index contributed by atoms with van der Waals surface area (Å²) in [4.78, 5) is 30.2. The van der Waals surface area contributed by atoms with E-state index in [2.05, 4.69) is 17.1 Å². The predicted octanol–water partition coefficient (Wildman–Crippen LogP) is 5.82. The molecule has 0 saturated carbocycles. The second-order valence-electron chi connectivity index (χ2n) is 9.01. The van der Waals surface area contributed by atoms with Gasteiger partial charge in [-0.3, -0.25) is 4.79 Å². The van der Waals surface area contributed by atoms with Gasteiger partial charge in [-0.2, -0.15) is 0 Å². The standard InChI is InChI=1S/C28H32N2O5/c1-3-24(27(31)32)22-13-16-30(17-14-22)28(33)34-18-15-25-19(2)35-26(29-25)23-11-9-21(10-12-23)20-7-5-4-6-8-20/h4-12,22,24H,3,13-18H2,1-2H3,(H,31,32). The summed E-state index contributed by atoms with van der Waals surface area (Å²) in [5.41, 5.74) is 3.94. The Balaban J connectivity index is 1.28. The van der Waals surface area contributed by atoms with Crippen molar-refractivity contribution in [1.29, 1.82) is 0 Å². The first kappa shape index (κ1) is 24.5. The van der Waals surface area contributed by atoms with Crippen LogP contribution in [0.3, 0.4) is 0 Å². The van der Waals surface area contributed by atoms with E-state index in [9.17, 15) is 14.7 Å². The third kappa shape index (κ3) is 5.91. The number of hydrogen-bond donors (Lipinski definition) is 1. The first-order chi connectivity index (χ1) is 17.0. The molecule has 1 fully saturated rings. The van der Waals surface area contributed by atoms with Crippen LogP contribution in [0, 0.1) is 18.8 Å². The Hall–Kier alpha value is -3.61. The van der Waals surface area contributed by atoms with E-state index >= 15 is 0 Å². The van der Waals surface area contributed by atoms with Crippen LogP contribution in [-0.2, 0) is 16.0 Å². The van der Waals surface area contributed by atoms with Gasteiger partial charge in [-0.25, -0.2) is 9.78 Å². The number of ether oxygens (including phenoxy) is 1. The first-order valence-corrected chi connectivity index (χ1v) is 12.2. The van der Waals surface area contributed by atoms with Crippen LogP contribution in [0.2, 0.25) is 0 Å². The molecule has 0 radical (unpaired) electrons. The molecule has 1 unspecified atom stereocenters. The summed E-state index contributed by atoms with van der Waals surface area (Å²) in [5.74, 6) is 0.285. The van der Waals surface area contributed by atoms with Crippen molar-refractivity contribution in [2.24, 2.45) is 11.8 Å². The number of carbonyl (C=O) groups is 2. The second kappa shape index (κ2) is 11.2. The Morgan fingerprint density at radius 3 is 2.31 bits per heavy atom. The van der Waals surface area contributed by atoms with E-state index in [4.69, 9.17) is 9.15 Å². The van der Waals surface area contributed by atoms with E-state index in [1.807, 2.05) is 56.3 Å². The molecule has 4 rings (SSSR count). The van der Waals surface area contributed by atoms with Crippen molar-refractivity contribution >= 4 is 12.1 Å². The minimum absolute atomic E-state index is 0.111. The lowest BCUT2D eigenvalue weighted by atomic mass is 9.83. The van der Waals surface area contributed by atoms with Gasteiger partial charge in [0.2, 0.25) is 5.89 Å². The van der Waals surface area contributed by atoms with Gasteiger partial charge in [0.1, 0.15) is 5.76 Å². The van der Waals surface area contributed by atoms with Gasteiger partial charge >= 0.3 is 12.1 Å². The summed E-state index contributed by atoms with van der Waals surface area (Å²) in [6.07, 6.45) is 2.10. The zero-order chi connectivity index (χ0) is 24.8. The molecule has 1 atom stereocenters. The summed E-state index contributed by atoms with van der Waals surface area (Å²) in [7, 11) is 0. The van der Waals surface area contributed by atoms with Crippen molar-refractivity contribution in [1.82, 2.24) is 9.88 Å². The molecule has 35 heavy (non-hydrogen) atoms. The third-order valence-electron chi connectivity index (χ3n) is 6.82. The lowest BCUT2D eigenvalue weighted by Crippen LogP contribution is -2.41. The number of likely N-dealkylation sites (tertiary alicyclic amines) is 1. The number of amides is 1. The number of rotatable bonds is 8. The highest BCUT2D eigenvalue weighted by Crippen LogP contribution is 2.28. The molecule has 1 aliphatic rings. The third-order valence-corrected chi connectivity index (χ3v) is 6.82. The van der Waals surface area contributed by atoms with E-state index in [-0.39, 0.29) is 24.5 Å². The quantitative estimate of drug-likeness (QED) is 0.440. The van der Waals surface area contributed by atoms with Crippen LogP contribution in [0.15, 0.2) is 59.0 Å². The topological polar surface area (TPSA) is 92.9 Å². The summed E-state index contributed by atoms with van der Waals surface area (Å²) < 4.78 is 11.4. The zero-order valence-electron chi connectivity index (χ0n) is 20.3. The smallest absolute Gasteiger partial charge is 0.409 e. The fourth-order valence-electron chi connectivity index (χ4n) is 4.74. The van der Waals surface area contributed by atoms with Gasteiger partial charge in [-0.15, -0.1) is 0 Å². The predicted molar refractivity (Wildman–Crippen MR) is 133 cm³/mol. The van der Waals surface area contributed by atoms with Crippen molar-refractivity contribution < 1.29 is 23.8 Å². The van der Waals surface area contributed by atoms with Gasteiger partial charge in [-0.05, 0) is 55.4 Å². The van der Waals surface area contributed by atoms with Gasteiger partial charge in [-0.1, -0.05) is 49.4 Å². The lowest BCUT2D eigenvalue weighted by Gasteiger charge is -2.33. The van der Waals surface area contributed by atoms with Crippen LogP contribution in [0.1, 0.15) is 37.6 Å². The van der Waals surface area contributed by atoms with Crippen LogP contribution in [-0.4, -0.2) is 46.7 Å². The molecular formula is C28H32N2O5. The fourth-order valence-corrected chi connectivity index (χ4v) is 4.74. The molecule has 1 N–H and O–H groups in total. The molecule has 2 heterocycles. The number of aliphatic carboxylic acids is 1. The molecule has 1 saturated heterocycles. The van der Waals surface area contributed by atoms with Gasteiger partial charge in [0.05, 0.1) is 18.2 Å². The molecule has 0 aliphatic carbocycles. The molecule has 0 spiro atoms. The molecule has 0 bridgehead atoms. The molecule has 7 heteroatoms. The van der Waals surface area contributed by atoms with E-state index in [1.165, 1.54) is 0 Å². The van der Waals surface area contributed by atoms with Crippen molar-refractivity contribution in [2.45, 2.75) is 39.5 Å². The Bertz CT molecular complexity index is 1130. The van der Waals surface area contributed by atoms with Crippen LogP contribution in [0.25, 0.3) is 22.6 Å². The molecule has 1 amide bonds. The average Bonchev–Trinajstić information content (AvgIpc) is 3.25. The summed E-state index contributed by atoms with van der Waals surface area (Å²) in [6, 6.07) is 18.3. The molecule has 2 aromatic carbocycles. The van der Waals surface area contributed by atoms with E-state index in [0.29, 0.717) is 50.4 Å². The first-order valence-electron chi connectivity index (χ1n) is 12.2. The maximum absolute atomic E-state index is 12.5. The van der Waals surface area contributed by atoms with Gasteiger partial charge in [0.15, 0.2) is 0 Å². The normalized spacial score (nSPS) is 15.1. The van der Waals surface area contributed by atoms with E-state index in [0.717, 1.165) is 22.4 Å². The van der Waals surface area contributed by atoms with E-state index in [1.54, 1.807) is 4.90 Å². The van der Waals surface area contributed by atoms with Gasteiger partial charge < -0.3 is 19.2 Å². The van der Waals surface area contributed by atoms with Crippen molar-refractivity contribution in [3.63, 3.8) is 0 Å². The maximum Gasteiger partial charge on any atom is 0.409 e. The second-order valence-corrected chi connectivity index (χ2v) is 9.01. The summed E-state index contributed by atoms with van der Waals surface area (Å²) in [5, 5.41) is 9.36. The number of nitrogens with zero attached hydrogens (tertiary/aromatic N) is 2. The Labute approximate surface area is 205 Å². The molecule has 1 aliphatic heterocycles. The van der Waals surface area contributed by atoms with Crippen LogP contribution in [0.4, 0.5) is 4.79 Å². The van der Waals surface area contributed by atoms with Crippen LogP contribution < -0.4 is 0 Å². The number of hydrogen-bond acceptors (Lipinski definition) is 5. The number of oxazole rings is 1. The minimum Gasteiger partial charge on any atom is -0.481 e. The minimum atomic E-state index is -0.747. The number of piperidine rings is 1. The maximum atomic E-state index is 12.5. The van der Waals surface area contributed by atoms with Crippen LogP contribution in [0.5, 0.6) is 0 Å². The summed E-state index contributed by atoms with van der Waals surface area (Å²) in [6.45, 7) is 5.03. The van der Waals surface area contributed by atoms with Gasteiger partial charge in [0, 0.05) is 25.1 Å². The SMILES string of the molecule is CCC(C(=O)O)C1CCN(C(=O)OCCc2nc(-c3ccc(-c4ccccc4)cc3)oc2C)CC1. The molecule has 3 aromatic rings. The average molecular weight is 477 g/mol. The van der Waals surface area contributed by atoms with Gasteiger partial charge in [0.25, 0.3) is 0 Å². The Kier molecular flexibility index (Phi) is 7.85. The molecule has 184 valence electrons. The van der Waals surface area contributed by atoms with Crippen molar-refractivity contribution in [3.8, 4) is 22.6 Å². The van der Waals surface area contributed by atoms with E-state index < -0.39 is 5.97 Å². The summed E-state index contributed by atoms with van der Waals surface area (Å²) >= 11 is 0. The number of aromatic nitrogens is 1. The van der Waals surface area contributed by atoms with Crippen molar-refractivity contribution in [2.75, 3.05) is 19.7 Å². The lowest BCUT2D eigenvalue weighted by molar-refractivity contribution is -0.144. The largest absolute Gasteiger partial charge is 0.481 e. The Morgan fingerprint density at radius 2 is 1.69 bits per heavy atom. The van der Waals surface area contributed by atoms with Crippen LogP contribution >= 0.6 is 0 Å². The molecular weight excluding hydrogens is 444 g/mol. The number of carboxylic acids is 1. The Morgan fingerprint density at radius 1 is 1.06 bits per heavy atom.